The highest BCUT2D eigenvalue weighted by Crippen LogP contribution is 2.30. The fourth-order valence-electron chi connectivity index (χ4n) is 4.04. The Morgan fingerprint density at radius 3 is 2.48 bits per heavy atom. The van der Waals surface area contributed by atoms with Gasteiger partial charge in [-0.3, -0.25) is 9.38 Å². The number of fused-ring (bicyclic) bond motifs is 1. The van der Waals surface area contributed by atoms with Gasteiger partial charge in [-0.1, -0.05) is 26.5 Å². The van der Waals surface area contributed by atoms with Crippen LogP contribution in [0.3, 0.4) is 0 Å². The molecule has 2 atom stereocenters. The number of imidazole rings is 1. The van der Waals surface area contributed by atoms with Crippen LogP contribution in [0.5, 0.6) is 0 Å². The molecular formula is C25H32F3N5. The number of aryl methyl sites for hydroxylation is 1. The summed E-state index contributed by atoms with van der Waals surface area (Å²) < 4.78 is 40.6. The molecule has 33 heavy (non-hydrogen) atoms. The first kappa shape index (κ1) is 24.6. The Labute approximate surface area is 193 Å². The number of hydrogen-bond donors (Lipinski definition) is 2. The van der Waals surface area contributed by atoms with Gasteiger partial charge in [-0.05, 0) is 63.3 Å². The lowest BCUT2D eigenvalue weighted by atomic mass is 10.1. The van der Waals surface area contributed by atoms with Crippen LogP contribution in [0.25, 0.3) is 11.3 Å². The Balaban J connectivity index is 0.00000149. The molecule has 3 aromatic heterocycles. The second-order valence-corrected chi connectivity index (χ2v) is 8.12. The molecule has 5 nitrogen and oxygen atoms in total. The third-order valence-corrected chi connectivity index (χ3v) is 5.74. The van der Waals surface area contributed by atoms with Gasteiger partial charge < -0.3 is 10.6 Å². The molecule has 178 valence electrons. The lowest BCUT2D eigenvalue weighted by Gasteiger charge is -2.21. The third kappa shape index (κ3) is 6.27. The van der Waals surface area contributed by atoms with Gasteiger partial charge >= 0.3 is 6.18 Å². The van der Waals surface area contributed by atoms with Crippen molar-refractivity contribution < 1.29 is 13.2 Å². The molecule has 3 heterocycles. The van der Waals surface area contributed by atoms with Crippen molar-refractivity contribution in [3.05, 3.63) is 66.3 Å². The van der Waals surface area contributed by atoms with Crippen molar-refractivity contribution in [2.45, 2.75) is 71.1 Å². The largest absolute Gasteiger partial charge is 0.434 e. The van der Waals surface area contributed by atoms with E-state index < -0.39 is 11.9 Å². The Morgan fingerprint density at radius 2 is 1.79 bits per heavy atom. The molecule has 0 aliphatic heterocycles. The van der Waals surface area contributed by atoms with Crippen LogP contribution in [0.4, 0.5) is 19.0 Å². The fraction of sp³-hybridized carbons (Fsp3) is 0.440. The van der Waals surface area contributed by atoms with Crippen LogP contribution in [0.15, 0.2) is 49.3 Å². The van der Waals surface area contributed by atoms with E-state index in [4.69, 9.17) is 0 Å². The van der Waals surface area contributed by atoms with E-state index in [0.29, 0.717) is 11.9 Å². The first-order chi connectivity index (χ1) is 15.8. The maximum absolute atomic E-state index is 13.0. The summed E-state index contributed by atoms with van der Waals surface area (Å²) in [6.07, 6.45) is 3.27. The van der Waals surface area contributed by atoms with Gasteiger partial charge in [0, 0.05) is 41.4 Å². The number of alkyl halides is 3. The molecule has 1 aliphatic carbocycles. The van der Waals surface area contributed by atoms with Crippen LogP contribution in [0.2, 0.25) is 0 Å². The van der Waals surface area contributed by atoms with E-state index in [-0.39, 0.29) is 11.7 Å². The molecule has 2 N–H and O–H groups in total. The standard InChI is InChI=1S/C23H26F3N5.C2H6/c1-15-9-10-17(13-27-15)16(2)28-18-5-3-6-19(12-11-18)29-21-7-4-8-22-30-20(14-31(21)22)23(24,25)26;1-2/h4,7-10,13-14,18-19,28-29H,2-3,5-6,11-12H2,1H3;1-2H3/t18-,19+;/m0./s1. The molecule has 0 spiro atoms. The Bertz CT molecular complexity index is 1060. The van der Waals surface area contributed by atoms with Crippen molar-refractivity contribution in [1.82, 2.24) is 19.7 Å². The number of pyridine rings is 2. The van der Waals surface area contributed by atoms with Crippen molar-refractivity contribution >= 4 is 17.2 Å². The average molecular weight is 460 g/mol. The molecule has 0 aromatic carbocycles. The smallest absolute Gasteiger partial charge is 0.382 e. The van der Waals surface area contributed by atoms with Crippen LogP contribution < -0.4 is 10.6 Å². The number of hydrogen-bond acceptors (Lipinski definition) is 4. The molecule has 0 radical (unpaired) electrons. The SMILES string of the molecule is C=C(N[C@H]1CCC[C@@H](Nc2cccc3nc(C(F)(F)F)cn23)CC1)c1ccc(C)nc1.CC. The summed E-state index contributed by atoms with van der Waals surface area (Å²) in [5.74, 6) is 0.632. The molecule has 0 bridgehead atoms. The van der Waals surface area contributed by atoms with E-state index >= 15 is 0 Å². The van der Waals surface area contributed by atoms with E-state index in [1.165, 1.54) is 4.40 Å². The van der Waals surface area contributed by atoms with Gasteiger partial charge in [0.25, 0.3) is 0 Å². The summed E-state index contributed by atoms with van der Waals surface area (Å²) in [4.78, 5) is 8.03. The number of aromatic nitrogens is 3. The second-order valence-electron chi connectivity index (χ2n) is 8.12. The van der Waals surface area contributed by atoms with Crippen molar-refractivity contribution in [3.8, 4) is 0 Å². The minimum atomic E-state index is -4.46. The summed E-state index contributed by atoms with van der Waals surface area (Å²) in [5, 5.41) is 6.96. The van der Waals surface area contributed by atoms with Gasteiger partial charge in [-0.25, -0.2) is 4.98 Å². The van der Waals surface area contributed by atoms with Crippen LogP contribution in [0.1, 0.15) is 62.9 Å². The van der Waals surface area contributed by atoms with Crippen molar-refractivity contribution in [2.24, 2.45) is 0 Å². The van der Waals surface area contributed by atoms with Crippen LogP contribution in [-0.2, 0) is 6.18 Å². The Hall–Kier alpha value is -3.03. The highest BCUT2D eigenvalue weighted by atomic mass is 19.4. The van der Waals surface area contributed by atoms with Crippen molar-refractivity contribution in [3.63, 3.8) is 0 Å². The van der Waals surface area contributed by atoms with E-state index in [2.05, 4.69) is 27.2 Å². The van der Waals surface area contributed by atoms with Crippen molar-refractivity contribution in [2.75, 3.05) is 5.32 Å². The molecule has 0 amide bonds. The minimum absolute atomic E-state index is 0.184. The highest BCUT2D eigenvalue weighted by molar-refractivity contribution is 5.61. The number of nitrogens with one attached hydrogen (secondary N) is 2. The van der Waals surface area contributed by atoms with Gasteiger partial charge in [-0.2, -0.15) is 13.2 Å². The third-order valence-electron chi connectivity index (χ3n) is 5.74. The van der Waals surface area contributed by atoms with Crippen LogP contribution in [-0.4, -0.2) is 26.5 Å². The summed E-state index contributed by atoms with van der Waals surface area (Å²) in [7, 11) is 0. The summed E-state index contributed by atoms with van der Waals surface area (Å²) in [5.41, 5.74) is 2.23. The van der Waals surface area contributed by atoms with E-state index in [0.717, 1.165) is 55.3 Å². The fourth-order valence-corrected chi connectivity index (χ4v) is 4.04. The lowest BCUT2D eigenvalue weighted by molar-refractivity contribution is -0.140. The van der Waals surface area contributed by atoms with E-state index in [1.54, 1.807) is 18.2 Å². The second kappa shape index (κ2) is 10.7. The maximum Gasteiger partial charge on any atom is 0.434 e. The molecule has 0 unspecified atom stereocenters. The predicted octanol–water partition coefficient (Wildman–Crippen LogP) is 6.46. The van der Waals surface area contributed by atoms with Gasteiger partial charge in [0.05, 0.1) is 0 Å². The predicted molar refractivity (Wildman–Crippen MR) is 127 cm³/mol. The van der Waals surface area contributed by atoms with Gasteiger partial charge in [0.15, 0.2) is 5.69 Å². The first-order valence-electron chi connectivity index (χ1n) is 11.5. The Kier molecular flexibility index (Phi) is 8.00. The monoisotopic (exact) mass is 459 g/mol. The number of rotatable bonds is 5. The van der Waals surface area contributed by atoms with Gasteiger partial charge in [0.1, 0.15) is 11.5 Å². The summed E-state index contributed by atoms with van der Waals surface area (Å²) in [6, 6.07) is 9.58. The number of nitrogens with zero attached hydrogens (tertiary/aromatic N) is 3. The minimum Gasteiger partial charge on any atom is -0.382 e. The summed E-state index contributed by atoms with van der Waals surface area (Å²) in [6.45, 7) is 10.1. The van der Waals surface area contributed by atoms with Crippen LogP contribution in [0, 0.1) is 6.92 Å². The normalized spacial score (nSPS) is 18.7. The molecule has 1 saturated carbocycles. The molecular weight excluding hydrogens is 427 g/mol. The zero-order valence-electron chi connectivity index (χ0n) is 19.4. The molecule has 8 heteroatoms. The van der Waals surface area contributed by atoms with Gasteiger partial charge in [-0.15, -0.1) is 0 Å². The van der Waals surface area contributed by atoms with Crippen LogP contribution >= 0.6 is 0 Å². The van der Waals surface area contributed by atoms with Gasteiger partial charge in [0.2, 0.25) is 0 Å². The Morgan fingerprint density at radius 1 is 1.06 bits per heavy atom. The van der Waals surface area contributed by atoms with Crippen molar-refractivity contribution in [1.29, 1.82) is 0 Å². The quantitative estimate of drug-likeness (QED) is 0.430. The van der Waals surface area contributed by atoms with E-state index in [1.807, 2.05) is 39.1 Å². The molecule has 3 aromatic rings. The molecule has 1 fully saturated rings. The summed E-state index contributed by atoms with van der Waals surface area (Å²) >= 11 is 0. The lowest BCUT2D eigenvalue weighted by Crippen LogP contribution is -2.27. The zero-order chi connectivity index (χ0) is 24.0. The maximum atomic E-state index is 13.0. The molecule has 4 rings (SSSR count). The number of anilines is 1. The van der Waals surface area contributed by atoms with E-state index in [9.17, 15) is 13.2 Å². The molecule has 0 saturated heterocycles. The number of halogens is 3. The zero-order valence-corrected chi connectivity index (χ0v) is 19.4. The average Bonchev–Trinajstić information content (AvgIpc) is 3.14. The highest BCUT2D eigenvalue weighted by Gasteiger charge is 2.34. The topological polar surface area (TPSA) is 54.2 Å². The molecule has 1 aliphatic rings. The first-order valence-corrected chi connectivity index (χ1v) is 11.5.